The lowest BCUT2D eigenvalue weighted by molar-refractivity contribution is 0.354. The zero-order valence-corrected chi connectivity index (χ0v) is 16.0. The average molecular weight is 356 g/mol. The van der Waals surface area contributed by atoms with Gasteiger partial charge in [-0.1, -0.05) is 13.0 Å². The summed E-state index contributed by atoms with van der Waals surface area (Å²) in [6.07, 6.45) is 4.15. The molecule has 1 aliphatic rings. The number of nitrogens with zero attached hydrogens (tertiary/aromatic N) is 3. The second-order valence-electron chi connectivity index (χ2n) is 6.94. The van der Waals surface area contributed by atoms with Crippen molar-refractivity contribution in [2.75, 3.05) is 37.5 Å². The molecule has 2 unspecified atom stereocenters. The van der Waals surface area contributed by atoms with Crippen LogP contribution in [0.3, 0.4) is 0 Å². The van der Waals surface area contributed by atoms with Gasteiger partial charge in [0.2, 0.25) is 0 Å². The highest BCUT2D eigenvalue weighted by Gasteiger charge is 2.18. The number of benzene rings is 1. The minimum Gasteiger partial charge on any atom is -0.493 e. The summed E-state index contributed by atoms with van der Waals surface area (Å²) in [5.41, 5.74) is 1.11. The van der Waals surface area contributed by atoms with Crippen LogP contribution >= 0.6 is 0 Å². The Balaban J connectivity index is 1.73. The molecule has 2 heterocycles. The predicted molar refractivity (Wildman–Crippen MR) is 104 cm³/mol. The Morgan fingerprint density at radius 1 is 1.15 bits per heavy atom. The second kappa shape index (κ2) is 8.25. The van der Waals surface area contributed by atoms with Crippen LogP contribution in [0.2, 0.25) is 0 Å². The van der Waals surface area contributed by atoms with E-state index in [1.807, 2.05) is 24.3 Å². The SMILES string of the molecule is COc1ccc(C(C)Nc2cc(N3CCCC(C)C3)ncn2)cc1OC. The number of nitrogens with one attached hydrogen (secondary N) is 1. The van der Waals surface area contributed by atoms with Crippen LogP contribution in [0.1, 0.15) is 38.3 Å². The zero-order valence-electron chi connectivity index (χ0n) is 16.0. The van der Waals surface area contributed by atoms with Gasteiger partial charge in [-0.3, -0.25) is 0 Å². The van der Waals surface area contributed by atoms with Crippen LogP contribution in [0.25, 0.3) is 0 Å². The van der Waals surface area contributed by atoms with E-state index in [1.54, 1.807) is 20.5 Å². The Bertz CT molecular complexity index is 738. The molecule has 1 aromatic carbocycles. The molecule has 1 N–H and O–H groups in total. The minimum atomic E-state index is 0.0813. The topological polar surface area (TPSA) is 59.5 Å². The van der Waals surface area contributed by atoms with Gasteiger partial charge >= 0.3 is 0 Å². The maximum Gasteiger partial charge on any atom is 0.161 e. The highest BCUT2D eigenvalue weighted by molar-refractivity contribution is 5.51. The largest absolute Gasteiger partial charge is 0.493 e. The number of methoxy groups -OCH3 is 2. The molecule has 0 spiro atoms. The van der Waals surface area contributed by atoms with E-state index in [1.165, 1.54) is 12.8 Å². The molecule has 1 aromatic heterocycles. The van der Waals surface area contributed by atoms with E-state index in [-0.39, 0.29) is 6.04 Å². The summed E-state index contributed by atoms with van der Waals surface area (Å²) in [5.74, 6) is 3.99. The molecule has 0 amide bonds. The molecule has 140 valence electrons. The molecule has 0 bridgehead atoms. The third kappa shape index (κ3) is 4.18. The molecule has 3 rings (SSSR count). The number of ether oxygens (including phenoxy) is 2. The monoisotopic (exact) mass is 356 g/mol. The van der Waals surface area contributed by atoms with E-state index in [4.69, 9.17) is 9.47 Å². The maximum atomic E-state index is 5.40. The van der Waals surface area contributed by atoms with Crippen molar-refractivity contribution in [1.82, 2.24) is 9.97 Å². The van der Waals surface area contributed by atoms with Gasteiger partial charge in [-0.2, -0.15) is 0 Å². The molecule has 0 aliphatic carbocycles. The van der Waals surface area contributed by atoms with E-state index in [0.29, 0.717) is 5.92 Å². The van der Waals surface area contributed by atoms with Crippen molar-refractivity contribution in [1.29, 1.82) is 0 Å². The van der Waals surface area contributed by atoms with Gasteiger partial charge in [0.15, 0.2) is 11.5 Å². The van der Waals surface area contributed by atoms with Gasteiger partial charge < -0.3 is 19.7 Å². The van der Waals surface area contributed by atoms with Crippen molar-refractivity contribution in [3.8, 4) is 11.5 Å². The number of rotatable bonds is 6. The van der Waals surface area contributed by atoms with Crippen LogP contribution in [-0.2, 0) is 0 Å². The van der Waals surface area contributed by atoms with Crippen LogP contribution in [0.5, 0.6) is 11.5 Å². The Morgan fingerprint density at radius 2 is 1.96 bits per heavy atom. The Hall–Kier alpha value is -2.50. The van der Waals surface area contributed by atoms with Gasteiger partial charge in [0.25, 0.3) is 0 Å². The minimum absolute atomic E-state index is 0.0813. The molecular weight excluding hydrogens is 328 g/mol. The normalized spacial score (nSPS) is 18.3. The fraction of sp³-hybridized carbons (Fsp3) is 0.500. The van der Waals surface area contributed by atoms with E-state index >= 15 is 0 Å². The van der Waals surface area contributed by atoms with Gasteiger partial charge in [0, 0.05) is 19.2 Å². The second-order valence-corrected chi connectivity index (χ2v) is 6.94. The van der Waals surface area contributed by atoms with Crippen LogP contribution in [0, 0.1) is 5.92 Å². The van der Waals surface area contributed by atoms with Gasteiger partial charge in [-0.05, 0) is 43.4 Å². The molecule has 6 heteroatoms. The molecule has 1 fully saturated rings. The maximum absolute atomic E-state index is 5.40. The fourth-order valence-electron chi connectivity index (χ4n) is 3.42. The average Bonchev–Trinajstić information content (AvgIpc) is 2.67. The van der Waals surface area contributed by atoms with Crippen molar-refractivity contribution in [3.63, 3.8) is 0 Å². The highest BCUT2D eigenvalue weighted by atomic mass is 16.5. The van der Waals surface area contributed by atoms with Crippen LogP contribution < -0.4 is 19.7 Å². The van der Waals surface area contributed by atoms with Crippen molar-refractivity contribution in [2.24, 2.45) is 5.92 Å². The lowest BCUT2D eigenvalue weighted by Gasteiger charge is -2.32. The van der Waals surface area contributed by atoms with Crippen LogP contribution in [0.4, 0.5) is 11.6 Å². The molecule has 0 radical (unpaired) electrons. The lowest BCUT2D eigenvalue weighted by atomic mass is 10.0. The van der Waals surface area contributed by atoms with E-state index < -0.39 is 0 Å². The molecule has 1 saturated heterocycles. The van der Waals surface area contributed by atoms with Crippen LogP contribution in [0.15, 0.2) is 30.6 Å². The van der Waals surface area contributed by atoms with Crippen molar-refractivity contribution in [2.45, 2.75) is 32.7 Å². The quantitative estimate of drug-likeness (QED) is 0.847. The first-order chi connectivity index (χ1) is 12.6. The summed E-state index contributed by atoms with van der Waals surface area (Å²) in [4.78, 5) is 11.2. The summed E-state index contributed by atoms with van der Waals surface area (Å²) in [6, 6.07) is 8.07. The third-order valence-electron chi connectivity index (χ3n) is 4.91. The van der Waals surface area contributed by atoms with Gasteiger partial charge in [-0.25, -0.2) is 9.97 Å². The summed E-state index contributed by atoms with van der Waals surface area (Å²) >= 11 is 0. The smallest absolute Gasteiger partial charge is 0.161 e. The first-order valence-corrected chi connectivity index (χ1v) is 9.16. The zero-order chi connectivity index (χ0) is 18.5. The fourth-order valence-corrected chi connectivity index (χ4v) is 3.42. The van der Waals surface area contributed by atoms with E-state index in [9.17, 15) is 0 Å². The Kier molecular flexibility index (Phi) is 5.81. The molecule has 2 aromatic rings. The number of hydrogen-bond donors (Lipinski definition) is 1. The molecule has 1 aliphatic heterocycles. The number of hydrogen-bond acceptors (Lipinski definition) is 6. The summed E-state index contributed by atoms with van der Waals surface area (Å²) in [6.45, 7) is 6.52. The number of piperidine rings is 1. The Morgan fingerprint density at radius 3 is 2.69 bits per heavy atom. The summed E-state index contributed by atoms with van der Waals surface area (Å²) in [7, 11) is 3.29. The number of aromatic nitrogens is 2. The van der Waals surface area contributed by atoms with Gasteiger partial charge in [-0.15, -0.1) is 0 Å². The summed E-state index contributed by atoms with van der Waals surface area (Å²) < 4.78 is 10.7. The van der Waals surface area contributed by atoms with Crippen molar-refractivity contribution in [3.05, 3.63) is 36.2 Å². The van der Waals surface area contributed by atoms with Crippen LogP contribution in [-0.4, -0.2) is 37.3 Å². The van der Waals surface area contributed by atoms with Crippen molar-refractivity contribution >= 4 is 11.6 Å². The molecule has 26 heavy (non-hydrogen) atoms. The summed E-state index contributed by atoms with van der Waals surface area (Å²) in [5, 5.41) is 3.46. The van der Waals surface area contributed by atoms with Gasteiger partial charge in [0.1, 0.15) is 18.0 Å². The van der Waals surface area contributed by atoms with E-state index in [0.717, 1.165) is 41.8 Å². The molecule has 2 atom stereocenters. The van der Waals surface area contributed by atoms with E-state index in [2.05, 4.69) is 34.0 Å². The molecule has 6 nitrogen and oxygen atoms in total. The standard InChI is InChI=1S/C20H28N4O2/c1-14-6-5-9-24(12-14)20-11-19(21-13-22-20)23-15(2)16-7-8-17(25-3)18(10-16)26-4/h7-8,10-11,13-15H,5-6,9,12H2,1-4H3,(H,21,22,23). The Labute approximate surface area is 155 Å². The molecule has 0 saturated carbocycles. The van der Waals surface area contributed by atoms with Gasteiger partial charge in [0.05, 0.1) is 20.3 Å². The first kappa shape index (κ1) is 18.3. The first-order valence-electron chi connectivity index (χ1n) is 9.16. The predicted octanol–water partition coefficient (Wildman–Crippen LogP) is 3.90. The lowest BCUT2D eigenvalue weighted by Crippen LogP contribution is -2.34. The highest BCUT2D eigenvalue weighted by Crippen LogP contribution is 2.31. The number of anilines is 2. The molecular formula is C20H28N4O2. The third-order valence-corrected chi connectivity index (χ3v) is 4.91. The van der Waals surface area contributed by atoms with Crippen molar-refractivity contribution < 1.29 is 9.47 Å².